The van der Waals surface area contributed by atoms with Crippen molar-refractivity contribution in [1.29, 1.82) is 0 Å². The molecule has 0 bridgehead atoms. The fourth-order valence-electron chi connectivity index (χ4n) is 1.73. The maximum Gasteiger partial charge on any atom is 0.191 e. The van der Waals surface area contributed by atoms with Gasteiger partial charge in [-0.1, -0.05) is 25.6 Å². The Labute approximate surface area is 119 Å². The third-order valence-corrected chi connectivity index (χ3v) is 3.06. The number of rotatable bonds is 8. The van der Waals surface area contributed by atoms with Crippen molar-refractivity contribution in [2.75, 3.05) is 30.0 Å². The van der Waals surface area contributed by atoms with E-state index in [-0.39, 0.29) is 6.10 Å². The van der Waals surface area contributed by atoms with Gasteiger partial charge in [-0.05, 0) is 25.5 Å². The molecule has 3 N–H and O–H groups in total. The van der Waals surface area contributed by atoms with Crippen LogP contribution in [0.25, 0.3) is 0 Å². The zero-order valence-corrected chi connectivity index (χ0v) is 12.9. The summed E-state index contributed by atoms with van der Waals surface area (Å²) in [5.41, 5.74) is 0. The number of aliphatic hydroxyl groups excluding tert-OH is 1. The Morgan fingerprint density at radius 2 is 1.89 bits per heavy atom. The fraction of sp³-hybridized carbons (Fsp3) is 0.692. The van der Waals surface area contributed by atoms with Crippen LogP contribution in [0.1, 0.15) is 27.2 Å². The molecule has 19 heavy (non-hydrogen) atoms. The van der Waals surface area contributed by atoms with E-state index >= 15 is 0 Å². The molecule has 0 aliphatic heterocycles. The highest BCUT2D eigenvalue weighted by atomic mass is 32.2. The SMILES string of the molecule is CCNc1cc(NCC(O)CC(C)C)nc(SC)n1. The Hall–Kier alpha value is -1.01. The Kier molecular flexibility index (Phi) is 6.94. The summed E-state index contributed by atoms with van der Waals surface area (Å²) in [5.74, 6) is 2.04. The van der Waals surface area contributed by atoms with E-state index in [4.69, 9.17) is 0 Å². The molecule has 0 aromatic carbocycles. The normalized spacial score (nSPS) is 12.5. The van der Waals surface area contributed by atoms with Gasteiger partial charge in [0, 0.05) is 19.2 Å². The lowest BCUT2D eigenvalue weighted by molar-refractivity contribution is 0.161. The number of hydrogen-bond donors (Lipinski definition) is 3. The van der Waals surface area contributed by atoms with Crippen LogP contribution in [0.4, 0.5) is 11.6 Å². The fourth-order valence-corrected chi connectivity index (χ4v) is 2.11. The first kappa shape index (κ1) is 16.0. The summed E-state index contributed by atoms with van der Waals surface area (Å²) in [5, 5.41) is 16.9. The molecule has 0 fully saturated rings. The second-order valence-corrected chi connectivity index (χ2v) is 5.59. The average molecular weight is 284 g/mol. The third-order valence-electron chi connectivity index (χ3n) is 2.51. The van der Waals surface area contributed by atoms with Crippen molar-refractivity contribution in [1.82, 2.24) is 9.97 Å². The zero-order chi connectivity index (χ0) is 14.3. The first-order valence-electron chi connectivity index (χ1n) is 6.64. The Morgan fingerprint density at radius 1 is 1.26 bits per heavy atom. The first-order valence-corrected chi connectivity index (χ1v) is 7.86. The van der Waals surface area contributed by atoms with E-state index in [1.165, 1.54) is 11.8 Å². The quantitative estimate of drug-likeness (QED) is 0.503. The predicted octanol–water partition coefficient (Wildman–Crippen LogP) is 2.45. The molecule has 1 rings (SSSR count). The van der Waals surface area contributed by atoms with Gasteiger partial charge in [0.15, 0.2) is 5.16 Å². The minimum Gasteiger partial charge on any atom is -0.391 e. The van der Waals surface area contributed by atoms with Crippen molar-refractivity contribution in [3.63, 3.8) is 0 Å². The maximum absolute atomic E-state index is 9.85. The molecule has 0 saturated carbocycles. The van der Waals surface area contributed by atoms with Gasteiger partial charge in [-0.25, -0.2) is 9.97 Å². The third kappa shape index (κ3) is 6.11. The molecule has 0 radical (unpaired) electrons. The number of anilines is 2. The summed E-state index contributed by atoms with van der Waals surface area (Å²) >= 11 is 1.50. The van der Waals surface area contributed by atoms with Crippen molar-refractivity contribution >= 4 is 23.4 Å². The molecule has 1 aromatic rings. The van der Waals surface area contributed by atoms with Crippen LogP contribution in [0.15, 0.2) is 11.2 Å². The average Bonchev–Trinajstić information content (AvgIpc) is 2.35. The molecule has 1 unspecified atom stereocenters. The zero-order valence-electron chi connectivity index (χ0n) is 12.1. The molecule has 0 aliphatic rings. The molecular weight excluding hydrogens is 260 g/mol. The van der Waals surface area contributed by atoms with Crippen molar-refractivity contribution < 1.29 is 5.11 Å². The van der Waals surface area contributed by atoms with Crippen molar-refractivity contribution in [2.24, 2.45) is 5.92 Å². The largest absolute Gasteiger partial charge is 0.391 e. The highest BCUT2D eigenvalue weighted by Gasteiger charge is 2.08. The van der Waals surface area contributed by atoms with Gasteiger partial charge in [0.2, 0.25) is 0 Å². The van der Waals surface area contributed by atoms with Gasteiger partial charge in [0.25, 0.3) is 0 Å². The monoisotopic (exact) mass is 284 g/mol. The maximum atomic E-state index is 9.85. The van der Waals surface area contributed by atoms with E-state index in [1.807, 2.05) is 19.2 Å². The van der Waals surface area contributed by atoms with Crippen molar-refractivity contribution in [2.45, 2.75) is 38.5 Å². The minimum absolute atomic E-state index is 0.352. The van der Waals surface area contributed by atoms with E-state index in [0.29, 0.717) is 12.5 Å². The van der Waals surface area contributed by atoms with Gasteiger partial charge in [0.1, 0.15) is 11.6 Å². The molecule has 1 atom stereocenters. The van der Waals surface area contributed by atoms with Crippen LogP contribution in [-0.2, 0) is 0 Å². The number of aliphatic hydroxyl groups is 1. The lowest BCUT2D eigenvalue weighted by Gasteiger charge is -2.15. The summed E-state index contributed by atoms with van der Waals surface area (Å²) in [6, 6.07) is 1.87. The molecule has 5 nitrogen and oxygen atoms in total. The lowest BCUT2D eigenvalue weighted by atomic mass is 10.1. The summed E-state index contributed by atoms with van der Waals surface area (Å²) in [4.78, 5) is 8.73. The van der Waals surface area contributed by atoms with Crippen LogP contribution >= 0.6 is 11.8 Å². The van der Waals surface area contributed by atoms with Crippen molar-refractivity contribution in [3.05, 3.63) is 6.07 Å². The number of aromatic nitrogens is 2. The summed E-state index contributed by atoms with van der Waals surface area (Å²) in [7, 11) is 0. The van der Waals surface area contributed by atoms with Crippen LogP contribution < -0.4 is 10.6 Å². The molecule has 108 valence electrons. The molecule has 0 spiro atoms. The second kappa shape index (κ2) is 8.22. The molecule has 0 saturated heterocycles. The lowest BCUT2D eigenvalue weighted by Crippen LogP contribution is -2.22. The predicted molar refractivity (Wildman–Crippen MR) is 81.9 cm³/mol. The number of nitrogens with zero attached hydrogens (tertiary/aromatic N) is 2. The van der Waals surface area contributed by atoms with Gasteiger partial charge in [-0.2, -0.15) is 0 Å². The molecule has 0 aliphatic carbocycles. The van der Waals surface area contributed by atoms with E-state index < -0.39 is 0 Å². The van der Waals surface area contributed by atoms with Crippen LogP contribution in [0, 0.1) is 5.92 Å². The van der Waals surface area contributed by atoms with Crippen LogP contribution in [0.5, 0.6) is 0 Å². The number of thioether (sulfide) groups is 1. The summed E-state index contributed by atoms with van der Waals surface area (Å²) in [6.07, 6.45) is 2.38. The minimum atomic E-state index is -0.352. The van der Waals surface area contributed by atoms with Gasteiger partial charge < -0.3 is 15.7 Å². The van der Waals surface area contributed by atoms with E-state index in [2.05, 4.69) is 34.4 Å². The Bertz CT molecular complexity index is 387. The van der Waals surface area contributed by atoms with Gasteiger partial charge in [0.05, 0.1) is 6.10 Å². The van der Waals surface area contributed by atoms with E-state index in [9.17, 15) is 5.11 Å². The Balaban J connectivity index is 2.63. The standard InChI is InChI=1S/C13H24N4OS/c1-5-14-11-7-12(17-13(16-11)19-4)15-8-10(18)6-9(2)3/h7,9-10,18H,5-6,8H2,1-4H3,(H2,14,15,16,17). The second-order valence-electron chi connectivity index (χ2n) is 4.82. The summed E-state index contributed by atoms with van der Waals surface area (Å²) < 4.78 is 0. The van der Waals surface area contributed by atoms with Crippen LogP contribution in [-0.4, -0.2) is 40.5 Å². The number of nitrogens with one attached hydrogen (secondary N) is 2. The van der Waals surface area contributed by atoms with Gasteiger partial charge >= 0.3 is 0 Å². The van der Waals surface area contributed by atoms with E-state index in [0.717, 1.165) is 29.8 Å². The molecular formula is C13H24N4OS. The van der Waals surface area contributed by atoms with E-state index in [1.54, 1.807) is 0 Å². The highest BCUT2D eigenvalue weighted by molar-refractivity contribution is 7.98. The molecule has 1 heterocycles. The first-order chi connectivity index (χ1) is 9.05. The van der Waals surface area contributed by atoms with Gasteiger partial charge in [-0.15, -0.1) is 0 Å². The Morgan fingerprint density at radius 3 is 2.42 bits per heavy atom. The van der Waals surface area contributed by atoms with Crippen LogP contribution in [0.3, 0.4) is 0 Å². The van der Waals surface area contributed by atoms with Crippen LogP contribution in [0.2, 0.25) is 0 Å². The number of hydrogen-bond acceptors (Lipinski definition) is 6. The topological polar surface area (TPSA) is 70.1 Å². The molecule has 6 heteroatoms. The summed E-state index contributed by atoms with van der Waals surface area (Å²) in [6.45, 7) is 7.56. The molecule has 1 aromatic heterocycles. The van der Waals surface area contributed by atoms with Gasteiger partial charge in [-0.3, -0.25) is 0 Å². The highest BCUT2D eigenvalue weighted by Crippen LogP contribution is 2.17. The smallest absolute Gasteiger partial charge is 0.191 e. The molecule has 0 amide bonds. The van der Waals surface area contributed by atoms with Crippen molar-refractivity contribution in [3.8, 4) is 0 Å².